The molecule has 0 aliphatic carbocycles. The van der Waals surface area contributed by atoms with Gasteiger partial charge in [-0.1, -0.05) is 32.1 Å². The number of aromatic nitrogens is 3. The van der Waals surface area contributed by atoms with Crippen molar-refractivity contribution in [3.63, 3.8) is 0 Å². The molecule has 1 saturated heterocycles. The summed E-state index contributed by atoms with van der Waals surface area (Å²) < 4.78 is 13.6. The molecule has 2 heterocycles. The number of fused-ring (bicyclic) bond motifs is 1. The number of aliphatic hydroxyl groups is 1. The topological polar surface area (TPSA) is 113 Å². The van der Waals surface area contributed by atoms with Gasteiger partial charge in [-0.25, -0.2) is 4.68 Å². The van der Waals surface area contributed by atoms with Crippen molar-refractivity contribution in [3.8, 4) is 0 Å². The summed E-state index contributed by atoms with van der Waals surface area (Å²) in [5.74, 6) is 0. The molecule has 0 spiro atoms. The lowest BCUT2D eigenvalue weighted by atomic mass is 10.2. The Labute approximate surface area is 152 Å². The van der Waals surface area contributed by atoms with E-state index in [1.807, 2.05) is 0 Å². The minimum atomic E-state index is -2.17. The van der Waals surface area contributed by atoms with Gasteiger partial charge in [0.1, 0.15) is 12.2 Å². The maximum Gasteiger partial charge on any atom is 0.299 e. The van der Waals surface area contributed by atoms with E-state index in [9.17, 15) is 15.2 Å². The van der Waals surface area contributed by atoms with Gasteiger partial charge in [-0.05, 0) is 24.2 Å². The van der Waals surface area contributed by atoms with Gasteiger partial charge in [-0.2, -0.15) is 0 Å². The lowest BCUT2D eigenvalue weighted by molar-refractivity contribution is -0.383. The first-order valence-corrected chi connectivity index (χ1v) is 11.4. The van der Waals surface area contributed by atoms with Crippen molar-refractivity contribution >= 4 is 25.0 Å². The van der Waals surface area contributed by atoms with Crippen molar-refractivity contribution in [2.75, 3.05) is 6.61 Å². The maximum absolute atomic E-state index is 11.2. The van der Waals surface area contributed by atoms with Crippen molar-refractivity contribution in [2.24, 2.45) is 0 Å². The minimum absolute atomic E-state index is 0.0386. The van der Waals surface area contributed by atoms with Crippen molar-refractivity contribution in [2.45, 2.75) is 57.3 Å². The molecule has 0 bridgehead atoms. The van der Waals surface area contributed by atoms with Gasteiger partial charge in [0.15, 0.2) is 20.1 Å². The zero-order valence-corrected chi connectivity index (χ0v) is 16.5. The van der Waals surface area contributed by atoms with Gasteiger partial charge in [0.2, 0.25) is 0 Å². The SMILES string of the molecule is CC(C)(C)[Si](C)(C)OC1C(O)COC1n1nnc2c([N+](=O)[O-])cccc21. The van der Waals surface area contributed by atoms with E-state index in [1.165, 1.54) is 10.7 Å². The fourth-order valence-electron chi connectivity index (χ4n) is 2.72. The maximum atomic E-state index is 11.2. The zero-order chi connectivity index (χ0) is 19.3. The van der Waals surface area contributed by atoms with E-state index in [0.29, 0.717) is 5.52 Å². The van der Waals surface area contributed by atoms with Crippen LogP contribution in [0.5, 0.6) is 0 Å². The third kappa shape index (κ3) is 3.13. The highest BCUT2D eigenvalue weighted by Crippen LogP contribution is 2.41. The molecular weight excluding hydrogens is 356 g/mol. The average molecular weight is 380 g/mol. The lowest BCUT2D eigenvalue weighted by Gasteiger charge is -2.39. The largest absolute Gasteiger partial charge is 0.406 e. The fraction of sp³-hybridized carbons (Fsp3) is 0.625. The van der Waals surface area contributed by atoms with Crippen LogP contribution in [0.2, 0.25) is 18.1 Å². The third-order valence-electron chi connectivity index (χ3n) is 5.25. The summed E-state index contributed by atoms with van der Waals surface area (Å²) in [5.41, 5.74) is 0.546. The number of hydrogen-bond acceptors (Lipinski definition) is 7. The van der Waals surface area contributed by atoms with Crippen LogP contribution in [0.1, 0.15) is 27.0 Å². The summed E-state index contributed by atoms with van der Waals surface area (Å²) in [6.07, 6.45) is -2.10. The molecule has 3 unspecified atom stereocenters. The molecule has 1 aliphatic rings. The first kappa shape index (κ1) is 18.9. The van der Waals surface area contributed by atoms with Crippen LogP contribution in [0.4, 0.5) is 5.69 Å². The van der Waals surface area contributed by atoms with Crippen LogP contribution in [-0.2, 0) is 9.16 Å². The quantitative estimate of drug-likeness (QED) is 0.493. The second-order valence-electron chi connectivity index (χ2n) is 8.07. The second kappa shape index (κ2) is 6.37. The minimum Gasteiger partial charge on any atom is -0.406 e. The number of nitrogens with zero attached hydrogens (tertiary/aromatic N) is 4. The number of ether oxygens (including phenoxy) is 1. The molecule has 26 heavy (non-hydrogen) atoms. The van der Waals surface area contributed by atoms with E-state index < -0.39 is 31.7 Å². The molecule has 3 atom stereocenters. The van der Waals surface area contributed by atoms with Crippen molar-refractivity contribution < 1.29 is 19.2 Å². The van der Waals surface area contributed by atoms with E-state index in [2.05, 4.69) is 44.2 Å². The molecule has 0 saturated carbocycles. The van der Waals surface area contributed by atoms with Crippen molar-refractivity contribution in [1.29, 1.82) is 0 Å². The van der Waals surface area contributed by atoms with Crippen LogP contribution >= 0.6 is 0 Å². The number of nitro benzene ring substituents is 1. The third-order valence-corrected chi connectivity index (χ3v) is 9.73. The van der Waals surface area contributed by atoms with Gasteiger partial charge in [-0.15, -0.1) is 5.10 Å². The van der Waals surface area contributed by atoms with Crippen LogP contribution in [0.25, 0.3) is 11.0 Å². The summed E-state index contributed by atoms with van der Waals surface area (Å²) >= 11 is 0. The molecule has 1 N–H and O–H groups in total. The molecule has 9 nitrogen and oxygen atoms in total. The Balaban J connectivity index is 1.99. The second-order valence-corrected chi connectivity index (χ2v) is 12.8. The van der Waals surface area contributed by atoms with Crippen molar-refractivity contribution in [3.05, 3.63) is 28.3 Å². The van der Waals surface area contributed by atoms with E-state index in [0.717, 1.165) is 0 Å². The van der Waals surface area contributed by atoms with Gasteiger partial charge in [0.05, 0.1) is 17.0 Å². The van der Waals surface area contributed by atoms with E-state index in [4.69, 9.17) is 9.16 Å². The summed E-state index contributed by atoms with van der Waals surface area (Å²) in [7, 11) is -2.17. The van der Waals surface area contributed by atoms with Gasteiger partial charge >= 0.3 is 0 Å². The zero-order valence-electron chi connectivity index (χ0n) is 15.5. The Hall–Kier alpha value is -1.88. The normalized spacial score (nSPS) is 24.3. The smallest absolute Gasteiger partial charge is 0.299 e. The van der Waals surface area contributed by atoms with Crippen LogP contribution in [0.3, 0.4) is 0 Å². The van der Waals surface area contributed by atoms with Crippen LogP contribution in [0, 0.1) is 10.1 Å². The van der Waals surface area contributed by atoms with Crippen LogP contribution in [0.15, 0.2) is 18.2 Å². The predicted molar refractivity (Wildman–Crippen MR) is 97.2 cm³/mol. The van der Waals surface area contributed by atoms with Gasteiger partial charge in [-0.3, -0.25) is 10.1 Å². The van der Waals surface area contributed by atoms with Crippen LogP contribution in [-0.4, -0.2) is 52.2 Å². The molecule has 1 aliphatic heterocycles. The molecule has 0 radical (unpaired) electrons. The Morgan fingerprint density at radius 1 is 1.42 bits per heavy atom. The summed E-state index contributed by atoms with van der Waals surface area (Å²) in [5, 5.41) is 29.6. The molecular formula is C16H24N4O5Si. The molecule has 2 aromatic rings. The first-order valence-electron chi connectivity index (χ1n) is 8.49. The van der Waals surface area contributed by atoms with Gasteiger partial charge in [0, 0.05) is 6.07 Å². The molecule has 0 amide bonds. The monoisotopic (exact) mass is 380 g/mol. The van der Waals surface area contributed by atoms with Crippen molar-refractivity contribution in [1.82, 2.24) is 15.0 Å². The predicted octanol–water partition coefficient (Wildman–Crippen LogP) is 2.62. The number of aliphatic hydroxyl groups excluding tert-OH is 1. The van der Waals surface area contributed by atoms with E-state index in [-0.39, 0.29) is 22.8 Å². The highest BCUT2D eigenvalue weighted by atomic mass is 28.4. The highest BCUT2D eigenvalue weighted by Gasteiger charge is 2.47. The van der Waals surface area contributed by atoms with Gasteiger partial charge in [0.25, 0.3) is 5.69 Å². The molecule has 10 heteroatoms. The molecule has 1 fully saturated rings. The Morgan fingerprint density at radius 3 is 2.73 bits per heavy atom. The number of benzene rings is 1. The van der Waals surface area contributed by atoms with Crippen LogP contribution < -0.4 is 0 Å². The number of rotatable bonds is 4. The van der Waals surface area contributed by atoms with E-state index >= 15 is 0 Å². The Kier molecular flexibility index (Phi) is 4.63. The molecule has 1 aromatic carbocycles. The average Bonchev–Trinajstić information content (AvgIpc) is 3.10. The Bertz CT molecular complexity index is 832. The fourth-order valence-corrected chi connectivity index (χ4v) is 4.03. The number of nitro groups is 1. The number of hydrogen-bond donors (Lipinski definition) is 1. The molecule has 1 aromatic heterocycles. The van der Waals surface area contributed by atoms with Gasteiger partial charge < -0.3 is 14.3 Å². The summed E-state index contributed by atoms with van der Waals surface area (Å²) in [6, 6.07) is 4.66. The molecule has 142 valence electrons. The first-order chi connectivity index (χ1) is 12.0. The summed E-state index contributed by atoms with van der Waals surface area (Å²) in [4.78, 5) is 10.7. The standard InChI is InChI=1S/C16H24N4O5Si/c1-16(2,3)26(4,5)25-14-12(21)9-24-15(14)19-10-7-6-8-11(20(22)23)13(10)17-18-19/h6-8,12,14-15,21H,9H2,1-5H3. The lowest BCUT2D eigenvalue weighted by Crippen LogP contribution is -2.48. The number of non-ortho nitro benzene ring substituents is 1. The van der Waals surface area contributed by atoms with E-state index in [1.54, 1.807) is 12.1 Å². The summed E-state index contributed by atoms with van der Waals surface area (Å²) in [6.45, 7) is 10.7. The Morgan fingerprint density at radius 2 is 2.12 bits per heavy atom. The molecule has 3 rings (SSSR count). The highest BCUT2D eigenvalue weighted by molar-refractivity contribution is 6.74.